The van der Waals surface area contributed by atoms with Crippen LogP contribution in [0.2, 0.25) is 0 Å². The van der Waals surface area contributed by atoms with Crippen LogP contribution in [0.15, 0.2) is 34.9 Å². The minimum absolute atomic E-state index is 0.0520. The van der Waals surface area contributed by atoms with Gasteiger partial charge in [-0.25, -0.2) is 4.98 Å². The highest BCUT2D eigenvalue weighted by atomic mass is 79.9. The first-order valence-electron chi connectivity index (χ1n) is 9.23. The first kappa shape index (κ1) is 22.2. The maximum atomic E-state index is 12.7. The summed E-state index contributed by atoms with van der Waals surface area (Å²) in [7, 11) is 3.01. The molecule has 1 saturated heterocycles. The molecule has 2 aromatic rings. The summed E-state index contributed by atoms with van der Waals surface area (Å²) in [6.45, 7) is 1.16. The number of carbonyl (C=O) groups excluding carboxylic acids is 1. The number of hydrogen-bond donors (Lipinski definition) is 1. The van der Waals surface area contributed by atoms with Crippen LogP contribution in [0.25, 0.3) is 0 Å². The largest absolute Gasteiger partial charge is 0.495 e. The van der Waals surface area contributed by atoms with Gasteiger partial charge in [-0.3, -0.25) is 4.79 Å². The summed E-state index contributed by atoms with van der Waals surface area (Å²) in [5.74, 6) is 1.23. The SMILES string of the molecule is COc1cc(C(=O)NC2CCN(c3ccc(C(F)(F)F)cn3)CC2)cc(OC)c1Br. The molecule has 1 aliphatic heterocycles. The van der Waals surface area contributed by atoms with Gasteiger partial charge in [0, 0.05) is 30.9 Å². The molecule has 2 heterocycles. The van der Waals surface area contributed by atoms with Crippen molar-refractivity contribution >= 4 is 27.7 Å². The molecule has 1 aromatic heterocycles. The third kappa shape index (κ3) is 4.97. The van der Waals surface area contributed by atoms with Gasteiger partial charge in [0.15, 0.2) is 0 Å². The molecule has 0 radical (unpaired) electrons. The summed E-state index contributed by atoms with van der Waals surface area (Å²) < 4.78 is 49.2. The van der Waals surface area contributed by atoms with Gasteiger partial charge in [-0.15, -0.1) is 0 Å². The van der Waals surface area contributed by atoms with Crippen molar-refractivity contribution in [2.45, 2.75) is 25.1 Å². The molecule has 1 aromatic carbocycles. The summed E-state index contributed by atoms with van der Waals surface area (Å²) in [6, 6.07) is 5.61. The Balaban J connectivity index is 1.60. The molecule has 30 heavy (non-hydrogen) atoms. The minimum Gasteiger partial charge on any atom is -0.495 e. The first-order chi connectivity index (χ1) is 14.2. The van der Waals surface area contributed by atoms with Crippen molar-refractivity contribution < 1.29 is 27.4 Å². The molecule has 0 spiro atoms. The number of methoxy groups -OCH3 is 2. The van der Waals surface area contributed by atoms with Gasteiger partial charge >= 0.3 is 6.18 Å². The van der Waals surface area contributed by atoms with Crippen molar-refractivity contribution in [2.75, 3.05) is 32.2 Å². The molecule has 3 rings (SSSR count). The van der Waals surface area contributed by atoms with E-state index in [1.54, 1.807) is 12.1 Å². The van der Waals surface area contributed by atoms with Crippen molar-refractivity contribution in [3.8, 4) is 11.5 Å². The number of nitrogens with zero attached hydrogens (tertiary/aromatic N) is 2. The maximum Gasteiger partial charge on any atom is 0.417 e. The van der Waals surface area contributed by atoms with Gasteiger partial charge in [0.1, 0.15) is 21.8 Å². The van der Waals surface area contributed by atoms with Crippen LogP contribution < -0.4 is 19.7 Å². The number of anilines is 1. The zero-order valence-electron chi connectivity index (χ0n) is 16.4. The lowest BCUT2D eigenvalue weighted by Gasteiger charge is -2.33. The van der Waals surface area contributed by atoms with Crippen LogP contribution in [-0.4, -0.2) is 44.2 Å². The number of alkyl halides is 3. The number of piperidine rings is 1. The second kappa shape index (κ2) is 9.11. The van der Waals surface area contributed by atoms with E-state index in [-0.39, 0.29) is 11.9 Å². The molecular weight excluding hydrogens is 467 g/mol. The highest BCUT2D eigenvalue weighted by molar-refractivity contribution is 9.10. The number of rotatable bonds is 5. The van der Waals surface area contributed by atoms with Crippen LogP contribution in [0.1, 0.15) is 28.8 Å². The quantitative estimate of drug-likeness (QED) is 0.681. The van der Waals surface area contributed by atoms with Crippen LogP contribution in [0.3, 0.4) is 0 Å². The zero-order chi connectivity index (χ0) is 21.9. The van der Waals surface area contributed by atoms with E-state index in [1.165, 1.54) is 20.3 Å². The maximum absolute atomic E-state index is 12.7. The Kier molecular flexibility index (Phi) is 6.74. The van der Waals surface area contributed by atoms with Crippen molar-refractivity contribution in [1.29, 1.82) is 0 Å². The van der Waals surface area contributed by atoms with Crippen LogP contribution in [0.4, 0.5) is 19.0 Å². The topological polar surface area (TPSA) is 63.7 Å². The van der Waals surface area contributed by atoms with Crippen LogP contribution in [0.5, 0.6) is 11.5 Å². The predicted molar refractivity (Wildman–Crippen MR) is 109 cm³/mol. The average molecular weight is 488 g/mol. The van der Waals surface area contributed by atoms with Gasteiger partial charge in [-0.2, -0.15) is 13.2 Å². The summed E-state index contributed by atoms with van der Waals surface area (Å²) >= 11 is 3.37. The Labute approximate surface area is 180 Å². The van der Waals surface area contributed by atoms with Crippen molar-refractivity contribution in [1.82, 2.24) is 10.3 Å². The first-order valence-corrected chi connectivity index (χ1v) is 10.0. The Bertz CT molecular complexity index is 873. The molecule has 1 amide bonds. The molecule has 6 nitrogen and oxygen atoms in total. The Morgan fingerprint density at radius 1 is 1.17 bits per heavy atom. The molecule has 0 unspecified atom stereocenters. The van der Waals surface area contributed by atoms with Crippen LogP contribution >= 0.6 is 15.9 Å². The van der Waals surface area contributed by atoms with Gasteiger partial charge in [0.05, 0.1) is 19.8 Å². The van der Waals surface area contributed by atoms with E-state index in [2.05, 4.69) is 26.2 Å². The lowest BCUT2D eigenvalue weighted by atomic mass is 10.0. The van der Waals surface area contributed by atoms with E-state index in [0.717, 1.165) is 12.3 Å². The van der Waals surface area contributed by atoms with Gasteiger partial charge in [-0.05, 0) is 53.0 Å². The molecule has 1 aliphatic rings. The Morgan fingerprint density at radius 2 is 1.77 bits per heavy atom. The monoisotopic (exact) mass is 487 g/mol. The molecule has 1 N–H and O–H groups in total. The van der Waals surface area contributed by atoms with E-state index in [1.807, 2.05) is 4.90 Å². The number of benzene rings is 1. The molecule has 0 aliphatic carbocycles. The number of pyridine rings is 1. The summed E-state index contributed by atoms with van der Waals surface area (Å²) in [4.78, 5) is 18.5. The smallest absolute Gasteiger partial charge is 0.417 e. The minimum atomic E-state index is -4.40. The van der Waals surface area contributed by atoms with Crippen LogP contribution in [-0.2, 0) is 6.18 Å². The van der Waals surface area contributed by atoms with Gasteiger partial charge < -0.3 is 19.7 Å². The van der Waals surface area contributed by atoms with E-state index in [4.69, 9.17) is 9.47 Å². The highest BCUT2D eigenvalue weighted by Gasteiger charge is 2.31. The second-order valence-electron chi connectivity index (χ2n) is 6.83. The number of nitrogens with one attached hydrogen (secondary N) is 1. The average Bonchev–Trinajstić information content (AvgIpc) is 2.74. The number of halogens is 4. The van der Waals surface area contributed by atoms with E-state index in [9.17, 15) is 18.0 Å². The molecule has 0 atom stereocenters. The van der Waals surface area contributed by atoms with Crippen LogP contribution in [0, 0.1) is 0 Å². The molecule has 1 fully saturated rings. The second-order valence-corrected chi connectivity index (χ2v) is 7.63. The van der Waals surface area contributed by atoms with Crippen molar-refractivity contribution in [3.05, 3.63) is 46.1 Å². The van der Waals surface area contributed by atoms with Gasteiger partial charge in [-0.1, -0.05) is 0 Å². The number of carbonyl (C=O) groups is 1. The highest BCUT2D eigenvalue weighted by Crippen LogP contribution is 2.35. The van der Waals surface area contributed by atoms with Gasteiger partial charge in [0.25, 0.3) is 5.91 Å². The normalized spacial score (nSPS) is 15.1. The number of aromatic nitrogens is 1. The van der Waals surface area contributed by atoms with Gasteiger partial charge in [0.2, 0.25) is 0 Å². The number of hydrogen-bond acceptors (Lipinski definition) is 5. The molecule has 10 heteroatoms. The van der Waals surface area contributed by atoms with Crippen molar-refractivity contribution in [3.63, 3.8) is 0 Å². The molecule has 0 saturated carbocycles. The summed E-state index contributed by atoms with van der Waals surface area (Å²) in [6.07, 6.45) is -2.25. The lowest BCUT2D eigenvalue weighted by molar-refractivity contribution is -0.137. The molecule has 0 bridgehead atoms. The van der Waals surface area contributed by atoms with E-state index in [0.29, 0.717) is 53.3 Å². The number of ether oxygens (including phenoxy) is 2. The predicted octanol–water partition coefficient (Wildman–Crippen LogP) is 4.28. The third-order valence-corrected chi connectivity index (χ3v) is 5.72. The van der Waals surface area contributed by atoms with E-state index < -0.39 is 11.7 Å². The zero-order valence-corrected chi connectivity index (χ0v) is 18.0. The fourth-order valence-electron chi connectivity index (χ4n) is 3.26. The number of amides is 1. The van der Waals surface area contributed by atoms with E-state index >= 15 is 0 Å². The third-order valence-electron chi connectivity index (χ3n) is 4.94. The molecular formula is C20H21BrF3N3O3. The fourth-order valence-corrected chi connectivity index (χ4v) is 3.82. The molecule has 162 valence electrons. The Hall–Kier alpha value is -2.49. The Morgan fingerprint density at radius 3 is 2.23 bits per heavy atom. The summed E-state index contributed by atoms with van der Waals surface area (Å²) in [5.41, 5.74) is -0.354. The fraction of sp³-hybridized carbons (Fsp3) is 0.400. The van der Waals surface area contributed by atoms with Crippen molar-refractivity contribution in [2.24, 2.45) is 0 Å². The standard InChI is InChI=1S/C20H21BrF3N3O3/c1-29-15-9-12(10-16(30-2)18(15)21)19(28)26-14-5-7-27(8-6-14)17-4-3-13(11-25-17)20(22,23)24/h3-4,9-11,14H,5-8H2,1-2H3,(H,26,28). The lowest BCUT2D eigenvalue weighted by Crippen LogP contribution is -2.45. The summed E-state index contributed by atoms with van der Waals surface area (Å²) in [5, 5.41) is 3.00.